The number of hydrogen-bond acceptors (Lipinski definition) is 2. The van der Waals surface area contributed by atoms with Crippen molar-refractivity contribution < 1.29 is 4.79 Å². The van der Waals surface area contributed by atoms with Gasteiger partial charge < -0.3 is 10.6 Å². The Morgan fingerprint density at radius 2 is 1.76 bits per heavy atom. The first-order chi connectivity index (χ1) is 7.97. The first-order valence-corrected chi connectivity index (χ1v) is 6.98. The lowest BCUT2D eigenvalue weighted by Crippen LogP contribution is -2.38. The van der Waals surface area contributed by atoms with Crippen molar-refractivity contribution in [3.63, 3.8) is 0 Å². The lowest BCUT2D eigenvalue weighted by atomic mass is 10.00. The van der Waals surface area contributed by atoms with Crippen molar-refractivity contribution in [1.29, 1.82) is 0 Å². The van der Waals surface area contributed by atoms with Crippen LogP contribution in [0, 0.1) is 11.8 Å². The van der Waals surface area contributed by atoms with Gasteiger partial charge in [0.05, 0.1) is 0 Å². The fraction of sp³-hybridized carbons (Fsp3) is 0.929. The van der Waals surface area contributed by atoms with Crippen molar-refractivity contribution in [3.05, 3.63) is 0 Å². The van der Waals surface area contributed by atoms with Gasteiger partial charge in [-0.05, 0) is 18.8 Å². The largest absolute Gasteiger partial charge is 0.355 e. The number of carbonyl (C=O) groups excluding carboxylic acids is 1. The van der Waals surface area contributed by atoms with Crippen LogP contribution >= 0.6 is 0 Å². The van der Waals surface area contributed by atoms with E-state index in [4.69, 9.17) is 0 Å². The molecule has 0 rings (SSSR count). The van der Waals surface area contributed by atoms with E-state index in [1.165, 1.54) is 19.3 Å². The molecule has 0 aliphatic rings. The molecule has 17 heavy (non-hydrogen) atoms. The van der Waals surface area contributed by atoms with Gasteiger partial charge in [-0.2, -0.15) is 0 Å². The van der Waals surface area contributed by atoms with Crippen molar-refractivity contribution in [2.45, 2.75) is 59.9 Å². The maximum atomic E-state index is 11.4. The summed E-state index contributed by atoms with van der Waals surface area (Å²) in [6, 6.07) is 0.593. The maximum absolute atomic E-state index is 11.4. The molecule has 0 spiro atoms. The number of hydrogen-bond donors (Lipinski definition) is 2. The molecule has 0 heterocycles. The Morgan fingerprint density at radius 3 is 2.24 bits per heavy atom. The highest BCUT2D eigenvalue weighted by atomic mass is 16.1. The zero-order valence-corrected chi connectivity index (χ0v) is 12.2. The van der Waals surface area contributed by atoms with Gasteiger partial charge >= 0.3 is 0 Å². The molecule has 0 aromatic rings. The number of carbonyl (C=O) groups is 1. The molecule has 0 saturated heterocycles. The molecule has 0 aliphatic heterocycles. The molecule has 1 atom stereocenters. The average Bonchev–Trinajstić information content (AvgIpc) is 2.23. The Hall–Kier alpha value is -0.570. The molecule has 1 amide bonds. The van der Waals surface area contributed by atoms with E-state index in [-0.39, 0.29) is 11.8 Å². The quantitative estimate of drug-likeness (QED) is 0.610. The summed E-state index contributed by atoms with van der Waals surface area (Å²) in [5.41, 5.74) is 0. The number of rotatable bonds is 9. The molecule has 2 N–H and O–H groups in total. The molecule has 0 aromatic carbocycles. The van der Waals surface area contributed by atoms with E-state index in [0.29, 0.717) is 6.04 Å². The third-order valence-electron chi connectivity index (χ3n) is 2.77. The van der Waals surface area contributed by atoms with Crippen LogP contribution in [0.15, 0.2) is 0 Å². The molecular formula is C14H30N2O. The van der Waals surface area contributed by atoms with E-state index in [1.54, 1.807) is 0 Å². The van der Waals surface area contributed by atoms with Gasteiger partial charge in [0.25, 0.3) is 0 Å². The molecule has 0 aliphatic carbocycles. The van der Waals surface area contributed by atoms with Crippen LogP contribution in [0.3, 0.4) is 0 Å². The normalized spacial score (nSPS) is 13.1. The smallest absolute Gasteiger partial charge is 0.222 e. The molecule has 0 bridgehead atoms. The minimum Gasteiger partial charge on any atom is -0.355 e. The Kier molecular flexibility index (Phi) is 9.14. The van der Waals surface area contributed by atoms with Gasteiger partial charge in [-0.3, -0.25) is 4.79 Å². The molecule has 102 valence electrons. The fourth-order valence-corrected chi connectivity index (χ4v) is 1.89. The standard InChI is InChI=1S/C14H30N2O/c1-6-7-13(10-11(2)3)15-8-9-16-14(17)12(4)5/h11-13,15H,6-10H2,1-5H3,(H,16,17). The second-order valence-corrected chi connectivity index (χ2v) is 5.51. The summed E-state index contributed by atoms with van der Waals surface area (Å²) < 4.78 is 0. The summed E-state index contributed by atoms with van der Waals surface area (Å²) in [7, 11) is 0. The van der Waals surface area contributed by atoms with Crippen molar-refractivity contribution in [2.75, 3.05) is 13.1 Å². The highest BCUT2D eigenvalue weighted by molar-refractivity contribution is 5.77. The van der Waals surface area contributed by atoms with Gasteiger partial charge in [-0.1, -0.05) is 41.0 Å². The summed E-state index contributed by atoms with van der Waals surface area (Å²) in [5, 5.41) is 6.46. The average molecular weight is 242 g/mol. The van der Waals surface area contributed by atoms with E-state index < -0.39 is 0 Å². The van der Waals surface area contributed by atoms with Gasteiger partial charge in [0.15, 0.2) is 0 Å². The molecule has 0 radical (unpaired) electrons. The predicted molar refractivity (Wildman–Crippen MR) is 74.0 cm³/mol. The van der Waals surface area contributed by atoms with Crippen molar-refractivity contribution in [3.8, 4) is 0 Å². The zero-order valence-electron chi connectivity index (χ0n) is 12.2. The first kappa shape index (κ1) is 16.4. The van der Waals surface area contributed by atoms with Crippen molar-refractivity contribution in [1.82, 2.24) is 10.6 Å². The fourth-order valence-electron chi connectivity index (χ4n) is 1.89. The SMILES string of the molecule is CCCC(CC(C)C)NCCNC(=O)C(C)C. The maximum Gasteiger partial charge on any atom is 0.222 e. The van der Waals surface area contributed by atoms with E-state index in [2.05, 4.69) is 31.4 Å². The predicted octanol–water partition coefficient (Wildman–Crippen LogP) is 2.56. The van der Waals surface area contributed by atoms with Crippen LogP contribution in [0.1, 0.15) is 53.9 Å². The minimum absolute atomic E-state index is 0.0807. The lowest BCUT2D eigenvalue weighted by molar-refractivity contribution is -0.123. The minimum atomic E-state index is 0.0807. The number of amides is 1. The molecule has 3 nitrogen and oxygen atoms in total. The van der Waals surface area contributed by atoms with E-state index in [9.17, 15) is 4.79 Å². The van der Waals surface area contributed by atoms with Crippen LogP contribution in [-0.4, -0.2) is 25.0 Å². The van der Waals surface area contributed by atoms with Crippen LogP contribution in [0.2, 0.25) is 0 Å². The van der Waals surface area contributed by atoms with E-state index in [0.717, 1.165) is 19.0 Å². The summed E-state index contributed by atoms with van der Waals surface area (Å²) in [6.45, 7) is 12.2. The zero-order chi connectivity index (χ0) is 13.3. The Morgan fingerprint density at radius 1 is 1.12 bits per heavy atom. The van der Waals surface area contributed by atoms with Gasteiger partial charge in [0, 0.05) is 25.0 Å². The van der Waals surface area contributed by atoms with Crippen molar-refractivity contribution in [2.24, 2.45) is 11.8 Å². The molecule has 0 fully saturated rings. The van der Waals surface area contributed by atoms with Gasteiger partial charge in [0.2, 0.25) is 5.91 Å². The van der Waals surface area contributed by atoms with E-state index >= 15 is 0 Å². The summed E-state index contributed by atoms with van der Waals surface area (Å²) in [6.07, 6.45) is 3.64. The molecule has 1 unspecified atom stereocenters. The van der Waals surface area contributed by atoms with Crippen LogP contribution in [0.25, 0.3) is 0 Å². The lowest BCUT2D eigenvalue weighted by Gasteiger charge is -2.20. The Balaban J connectivity index is 3.70. The van der Waals surface area contributed by atoms with Gasteiger partial charge in [0.1, 0.15) is 0 Å². The van der Waals surface area contributed by atoms with Gasteiger partial charge in [-0.25, -0.2) is 0 Å². The molecule has 0 saturated carbocycles. The van der Waals surface area contributed by atoms with Crippen LogP contribution in [0.4, 0.5) is 0 Å². The van der Waals surface area contributed by atoms with Gasteiger partial charge in [-0.15, -0.1) is 0 Å². The molecule has 3 heteroatoms. The third kappa shape index (κ3) is 9.16. The van der Waals surface area contributed by atoms with E-state index in [1.807, 2.05) is 13.8 Å². The Bertz CT molecular complexity index is 202. The van der Waals surface area contributed by atoms with Crippen molar-refractivity contribution >= 4 is 5.91 Å². The summed E-state index contributed by atoms with van der Waals surface area (Å²) in [4.78, 5) is 11.4. The highest BCUT2D eigenvalue weighted by Crippen LogP contribution is 2.09. The van der Waals surface area contributed by atoms with Crippen LogP contribution < -0.4 is 10.6 Å². The molecular weight excluding hydrogens is 212 g/mol. The summed E-state index contributed by atoms with van der Waals surface area (Å²) >= 11 is 0. The highest BCUT2D eigenvalue weighted by Gasteiger charge is 2.09. The topological polar surface area (TPSA) is 41.1 Å². The second-order valence-electron chi connectivity index (χ2n) is 5.51. The first-order valence-electron chi connectivity index (χ1n) is 6.98. The second kappa shape index (κ2) is 9.46. The van der Waals surface area contributed by atoms with Crippen LogP contribution in [-0.2, 0) is 4.79 Å². The monoisotopic (exact) mass is 242 g/mol. The van der Waals surface area contributed by atoms with Crippen LogP contribution in [0.5, 0.6) is 0 Å². The molecule has 0 aromatic heterocycles. The Labute approximate surface area is 107 Å². The number of nitrogens with one attached hydrogen (secondary N) is 2. The summed E-state index contributed by atoms with van der Waals surface area (Å²) in [5.74, 6) is 0.948. The third-order valence-corrected chi connectivity index (χ3v) is 2.77.